The molecule has 0 unspecified atom stereocenters. The first-order chi connectivity index (χ1) is 12.5. The number of benzene rings is 2. The van der Waals surface area contributed by atoms with E-state index >= 15 is 0 Å². The molecule has 1 saturated carbocycles. The fraction of sp³-hybridized carbons (Fsp3) is 0.263. The zero-order valence-corrected chi connectivity index (χ0v) is 14.6. The molecule has 3 nitrogen and oxygen atoms in total. The molecule has 0 aliphatic heterocycles. The minimum absolute atomic E-state index is 0.402. The normalized spacial score (nSPS) is 14.6. The molecule has 0 amide bonds. The second kappa shape index (κ2) is 6.79. The van der Waals surface area contributed by atoms with Gasteiger partial charge in [-0.3, -0.25) is 4.57 Å². The molecule has 1 fully saturated rings. The van der Waals surface area contributed by atoms with Crippen LogP contribution in [0.4, 0.5) is 13.2 Å². The van der Waals surface area contributed by atoms with E-state index in [1.54, 1.807) is 6.07 Å². The summed E-state index contributed by atoms with van der Waals surface area (Å²) in [5.74, 6) is 1.76. The zero-order valence-electron chi connectivity index (χ0n) is 13.8. The molecule has 0 N–H and O–H groups in total. The van der Waals surface area contributed by atoms with Gasteiger partial charge in [-0.15, -0.1) is 10.2 Å². The molecule has 0 radical (unpaired) electrons. The Morgan fingerprint density at radius 2 is 1.77 bits per heavy atom. The summed E-state index contributed by atoms with van der Waals surface area (Å²) >= 11 is 1.40. The van der Waals surface area contributed by atoms with Crippen LogP contribution in [0.5, 0.6) is 0 Å². The first-order valence-electron chi connectivity index (χ1n) is 8.32. The van der Waals surface area contributed by atoms with Crippen molar-refractivity contribution in [1.29, 1.82) is 0 Å². The molecule has 1 aliphatic carbocycles. The molecular weight excluding hydrogens is 359 g/mol. The third kappa shape index (κ3) is 3.62. The van der Waals surface area contributed by atoms with Gasteiger partial charge in [0.25, 0.3) is 0 Å². The third-order valence-corrected chi connectivity index (χ3v) is 5.24. The quantitative estimate of drug-likeness (QED) is 0.555. The van der Waals surface area contributed by atoms with E-state index in [-0.39, 0.29) is 0 Å². The SMILES string of the molecule is FC(F)(F)c1cccc(CSc2nnc(C3CC3)n2-c2ccccc2)c1. The van der Waals surface area contributed by atoms with Crippen molar-refractivity contribution < 1.29 is 13.2 Å². The van der Waals surface area contributed by atoms with Gasteiger partial charge >= 0.3 is 6.18 Å². The Hall–Kier alpha value is -2.28. The highest BCUT2D eigenvalue weighted by atomic mass is 32.2. The molecule has 1 aliphatic rings. The average Bonchev–Trinajstić information content (AvgIpc) is 3.40. The number of rotatable bonds is 5. The van der Waals surface area contributed by atoms with Gasteiger partial charge in [-0.05, 0) is 36.6 Å². The van der Waals surface area contributed by atoms with Gasteiger partial charge in [0.2, 0.25) is 0 Å². The molecule has 7 heteroatoms. The van der Waals surface area contributed by atoms with E-state index in [0.29, 0.717) is 22.4 Å². The van der Waals surface area contributed by atoms with Crippen LogP contribution in [0.1, 0.15) is 35.7 Å². The summed E-state index contributed by atoms with van der Waals surface area (Å²) in [6.07, 6.45) is -2.13. The molecule has 134 valence electrons. The predicted molar refractivity (Wildman–Crippen MR) is 94.3 cm³/mol. The van der Waals surface area contributed by atoms with Crippen LogP contribution < -0.4 is 0 Å². The maximum absolute atomic E-state index is 12.9. The smallest absolute Gasteiger partial charge is 0.274 e. The van der Waals surface area contributed by atoms with Crippen molar-refractivity contribution >= 4 is 11.8 Å². The number of halogens is 3. The Bertz CT molecular complexity index is 902. The average molecular weight is 375 g/mol. The number of nitrogens with zero attached hydrogens (tertiary/aromatic N) is 3. The molecule has 0 bridgehead atoms. The monoisotopic (exact) mass is 375 g/mol. The van der Waals surface area contributed by atoms with Gasteiger partial charge < -0.3 is 0 Å². The summed E-state index contributed by atoms with van der Waals surface area (Å²) in [5.41, 5.74) is 0.963. The Kier molecular flexibility index (Phi) is 4.48. The van der Waals surface area contributed by atoms with E-state index in [4.69, 9.17) is 0 Å². The lowest BCUT2D eigenvalue weighted by atomic mass is 10.1. The highest BCUT2D eigenvalue weighted by molar-refractivity contribution is 7.98. The van der Waals surface area contributed by atoms with Crippen LogP contribution >= 0.6 is 11.8 Å². The molecule has 0 saturated heterocycles. The topological polar surface area (TPSA) is 30.7 Å². The number of hydrogen-bond acceptors (Lipinski definition) is 3. The minimum atomic E-state index is -4.33. The zero-order chi connectivity index (χ0) is 18.1. The Morgan fingerprint density at radius 3 is 2.46 bits per heavy atom. The fourth-order valence-corrected chi connectivity index (χ4v) is 3.69. The van der Waals surface area contributed by atoms with Crippen LogP contribution in [0, 0.1) is 0 Å². The highest BCUT2D eigenvalue weighted by Crippen LogP contribution is 2.41. The Labute approximate surface area is 153 Å². The lowest BCUT2D eigenvalue weighted by Crippen LogP contribution is -2.05. The number of alkyl halides is 3. The van der Waals surface area contributed by atoms with E-state index in [1.165, 1.54) is 23.9 Å². The first kappa shape index (κ1) is 17.1. The van der Waals surface area contributed by atoms with Gasteiger partial charge in [-0.1, -0.05) is 48.2 Å². The van der Waals surface area contributed by atoms with Crippen molar-refractivity contribution in [2.24, 2.45) is 0 Å². The lowest BCUT2D eigenvalue weighted by molar-refractivity contribution is -0.137. The van der Waals surface area contributed by atoms with Crippen LogP contribution in [-0.2, 0) is 11.9 Å². The van der Waals surface area contributed by atoms with E-state index in [0.717, 1.165) is 30.4 Å². The van der Waals surface area contributed by atoms with Gasteiger partial charge in [0.15, 0.2) is 5.16 Å². The van der Waals surface area contributed by atoms with Crippen molar-refractivity contribution in [1.82, 2.24) is 14.8 Å². The number of para-hydroxylation sites is 1. The highest BCUT2D eigenvalue weighted by Gasteiger charge is 2.32. The van der Waals surface area contributed by atoms with Gasteiger partial charge in [0.1, 0.15) is 5.82 Å². The van der Waals surface area contributed by atoms with Gasteiger partial charge in [-0.25, -0.2) is 0 Å². The van der Waals surface area contributed by atoms with Gasteiger partial charge in [0.05, 0.1) is 5.56 Å². The Morgan fingerprint density at radius 1 is 1.00 bits per heavy atom. The largest absolute Gasteiger partial charge is 0.416 e. The van der Waals surface area contributed by atoms with Crippen molar-refractivity contribution in [2.45, 2.75) is 35.8 Å². The van der Waals surface area contributed by atoms with E-state index in [9.17, 15) is 13.2 Å². The molecule has 0 spiro atoms. The summed E-state index contributed by atoms with van der Waals surface area (Å²) in [4.78, 5) is 0. The van der Waals surface area contributed by atoms with Crippen molar-refractivity contribution in [3.8, 4) is 5.69 Å². The summed E-state index contributed by atoms with van der Waals surface area (Å²) in [6, 6.07) is 15.3. The van der Waals surface area contributed by atoms with Crippen LogP contribution in [0.3, 0.4) is 0 Å². The maximum atomic E-state index is 12.9. The van der Waals surface area contributed by atoms with Crippen LogP contribution in [-0.4, -0.2) is 14.8 Å². The second-order valence-electron chi connectivity index (χ2n) is 6.27. The van der Waals surface area contributed by atoms with Crippen LogP contribution in [0.2, 0.25) is 0 Å². The second-order valence-corrected chi connectivity index (χ2v) is 7.22. The van der Waals surface area contributed by atoms with Gasteiger partial charge in [-0.2, -0.15) is 13.2 Å². The summed E-state index contributed by atoms with van der Waals surface area (Å²) < 4.78 is 40.7. The van der Waals surface area contributed by atoms with Crippen LogP contribution in [0.25, 0.3) is 5.69 Å². The van der Waals surface area contributed by atoms with E-state index in [2.05, 4.69) is 10.2 Å². The molecular formula is C19H16F3N3S. The molecule has 0 atom stereocenters. The lowest BCUT2D eigenvalue weighted by Gasteiger charge is -2.11. The Balaban J connectivity index is 1.60. The predicted octanol–water partition coefficient (Wildman–Crippen LogP) is 5.46. The number of aromatic nitrogens is 3. The van der Waals surface area contributed by atoms with Crippen LogP contribution in [0.15, 0.2) is 59.8 Å². The molecule has 26 heavy (non-hydrogen) atoms. The van der Waals surface area contributed by atoms with E-state index in [1.807, 2.05) is 34.9 Å². The fourth-order valence-electron chi connectivity index (χ4n) is 2.79. The molecule has 2 aromatic carbocycles. The number of hydrogen-bond donors (Lipinski definition) is 0. The molecule has 1 aromatic heterocycles. The maximum Gasteiger partial charge on any atom is 0.416 e. The first-order valence-corrected chi connectivity index (χ1v) is 9.30. The molecule has 4 rings (SSSR count). The summed E-state index contributed by atoms with van der Waals surface area (Å²) in [5, 5.41) is 9.33. The molecule has 1 heterocycles. The van der Waals surface area contributed by atoms with Crippen molar-refractivity contribution in [3.05, 3.63) is 71.5 Å². The van der Waals surface area contributed by atoms with Crippen molar-refractivity contribution in [2.75, 3.05) is 0 Å². The van der Waals surface area contributed by atoms with E-state index < -0.39 is 11.7 Å². The third-order valence-electron chi connectivity index (χ3n) is 4.24. The summed E-state index contributed by atoms with van der Waals surface area (Å²) in [7, 11) is 0. The number of thioether (sulfide) groups is 1. The van der Waals surface area contributed by atoms with Crippen molar-refractivity contribution in [3.63, 3.8) is 0 Å². The minimum Gasteiger partial charge on any atom is -0.274 e. The standard InChI is InChI=1S/C19H16F3N3S/c20-19(21,22)15-6-4-5-13(11-15)12-26-18-24-23-17(14-9-10-14)25(18)16-7-2-1-3-8-16/h1-8,11,14H,9-10,12H2. The van der Waals surface area contributed by atoms with Gasteiger partial charge in [0, 0.05) is 17.4 Å². The summed E-state index contributed by atoms with van der Waals surface area (Å²) in [6.45, 7) is 0. The molecule has 3 aromatic rings.